The van der Waals surface area contributed by atoms with Gasteiger partial charge in [0.25, 0.3) is 5.91 Å². The van der Waals surface area contributed by atoms with Crippen LogP contribution in [0.1, 0.15) is 21.5 Å². The molecule has 1 fully saturated rings. The second kappa shape index (κ2) is 10.6. The summed E-state index contributed by atoms with van der Waals surface area (Å²) < 4.78 is 56.1. The molecule has 0 atom stereocenters. The van der Waals surface area contributed by atoms with E-state index < -0.39 is 41.6 Å². The molecular weight excluding hydrogens is 451 g/mol. The van der Waals surface area contributed by atoms with E-state index in [0.717, 1.165) is 19.2 Å². The van der Waals surface area contributed by atoms with Gasteiger partial charge in [-0.05, 0) is 30.1 Å². The van der Waals surface area contributed by atoms with E-state index in [1.165, 1.54) is 6.92 Å². The monoisotopic (exact) mass is 473 g/mol. The lowest BCUT2D eigenvalue weighted by Gasteiger charge is -2.26. The number of amides is 3. The number of carbonyl (C=O) groups excluding carboxylic acids is 2. The summed E-state index contributed by atoms with van der Waals surface area (Å²) in [5.41, 5.74) is 4.24. The Morgan fingerprint density at radius 1 is 1.28 bits per heavy atom. The lowest BCUT2D eigenvalue weighted by Crippen LogP contribution is -2.42. The van der Waals surface area contributed by atoms with Gasteiger partial charge in [-0.25, -0.2) is 18.0 Å². The van der Waals surface area contributed by atoms with Crippen LogP contribution in [-0.2, 0) is 11.3 Å². The SMILES string of the molecule is Cc1cc(F)c(COc2nsc(NC(=O)NCCN3CCOCC3)c2C(N)=O)c(F)c1F. The van der Waals surface area contributed by atoms with Crippen LogP contribution in [0.5, 0.6) is 5.88 Å². The number of nitrogens with zero attached hydrogens (tertiary/aromatic N) is 2. The smallest absolute Gasteiger partial charge is 0.319 e. The molecule has 32 heavy (non-hydrogen) atoms. The third kappa shape index (κ3) is 5.66. The third-order valence-corrected chi connectivity index (χ3v) is 5.49. The lowest BCUT2D eigenvalue weighted by atomic mass is 10.1. The van der Waals surface area contributed by atoms with Crippen molar-refractivity contribution in [3.05, 3.63) is 40.2 Å². The van der Waals surface area contributed by atoms with Gasteiger partial charge in [-0.1, -0.05) is 0 Å². The van der Waals surface area contributed by atoms with Crippen molar-refractivity contribution in [2.24, 2.45) is 5.73 Å². The summed E-state index contributed by atoms with van der Waals surface area (Å²) in [6, 6.07) is 0.246. The number of carbonyl (C=O) groups is 2. The number of rotatable bonds is 8. The molecule has 1 aromatic carbocycles. The Kier molecular flexibility index (Phi) is 7.88. The summed E-state index contributed by atoms with van der Waals surface area (Å²) in [5.74, 6) is -4.89. The number of aromatic nitrogens is 1. The largest absolute Gasteiger partial charge is 0.471 e. The maximum Gasteiger partial charge on any atom is 0.319 e. The Bertz CT molecular complexity index is 998. The molecule has 0 bridgehead atoms. The molecule has 13 heteroatoms. The number of primary amides is 1. The first-order valence-electron chi connectivity index (χ1n) is 9.68. The second-order valence-corrected chi connectivity index (χ2v) is 7.73. The number of ether oxygens (including phenoxy) is 2. The van der Waals surface area contributed by atoms with Crippen molar-refractivity contribution in [2.75, 3.05) is 44.7 Å². The second-order valence-electron chi connectivity index (χ2n) is 6.96. The van der Waals surface area contributed by atoms with E-state index in [0.29, 0.717) is 37.8 Å². The number of nitrogens with two attached hydrogens (primary N) is 1. The molecule has 174 valence electrons. The number of halogens is 3. The lowest BCUT2D eigenvalue weighted by molar-refractivity contribution is 0.0388. The van der Waals surface area contributed by atoms with E-state index in [-0.39, 0.29) is 22.0 Å². The maximum absolute atomic E-state index is 14.0. The van der Waals surface area contributed by atoms with Crippen molar-refractivity contribution in [2.45, 2.75) is 13.5 Å². The summed E-state index contributed by atoms with van der Waals surface area (Å²) >= 11 is 0.707. The van der Waals surface area contributed by atoms with Gasteiger partial charge >= 0.3 is 6.03 Å². The number of benzene rings is 1. The number of nitrogens with one attached hydrogen (secondary N) is 2. The molecule has 1 aromatic heterocycles. The van der Waals surface area contributed by atoms with Gasteiger partial charge in [0.1, 0.15) is 23.0 Å². The van der Waals surface area contributed by atoms with Gasteiger partial charge in [0, 0.05) is 26.2 Å². The topological polar surface area (TPSA) is 119 Å². The van der Waals surface area contributed by atoms with E-state index in [1.54, 1.807) is 0 Å². The van der Waals surface area contributed by atoms with Crippen LogP contribution < -0.4 is 21.1 Å². The molecule has 1 aliphatic rings. The molecule has 2 heterocycles. The van der Waals surface area contributed by atoms with Gasteiger partial charge < -0.3 is 20.5 Å². The zero-order valence-corrected chi connectivity index (χ0v) is 18.0. The van der Waals surface area contributed by atoms with Crippen LogP contribution >= 0.6 is 11.5 Å². The molecule has 1 saturated heterocycles. The third-order valence-electron chi connectivity index (χ3n) is 4.74. The van der Waals surface area contributed by atoms with Crippen molar-refractivity contribution in [3.8, 4) is 5.88 Å². The molecule has 0 aliphatic carbocycles. The number of aryl methyl sites for hydroxylation is 1. The standard InChI is InChI=1S/C19H22F3N5O4S/c1-10-8-12(20)11(15(22)14(10)21)9-31-17-13(16(23)28)18(32-26-17)25-19(29)24-2-3-27-4-6-30-7-5-27/h8H,2-7,9H2,1H3,(H2,23,28)(H2,24,25,29). The minimum absolute atomic E-state index is 0.00685. The zero-order chi connectivity index (χ0) is 23.3. The fourth-order valence-corrected chi connectivity index (χ4v) is 3.74. The van der Waals surface area contributed by atoms with Crippen molar-refractivity contribution >= 4 is 28.5 Å². The Morgan fingerprint density at radius 2 is 2.00 bits per heavy atom. The van der Waals surface area contributed by atoms with Crippen molar-refractivity contribution in [1.29, 1.82) is 0 Å². The number of hydrogen-bond acceptors (Lipinski definition) is 7. The number of morpholine rings is 1. The normalized spacial score (nSPS) is 14.2. The number of urea groups is 1. The quantitative estimate of drug-likeness (QED) is 0.505. The average molecular weight is 473 g/mol. The van der Waals surface area contributed by atoms with Crippen molar-refractivity contribution in [3.63, 3.8) is 0 Å². The van der Waals surface area contributed by atoms with Gasteiger partial charge in [0.2, 0.25) is 5.88 Å². The number of anilines is 1. The molecule has 4 N–H and O–H groups in total. The summed E-state index contributed by atoms with van der Waals surface area (Å²) in [7, 11) is 0. The van der Waals surface area contributed by atoms with Crippen molar-refractivity contribution in [1.82, 2.24) is 14.6 Å². The van der Waals surface area contributed by atoms with Gasteiger partial charge in [-0.2, -0.15) is 4.37 Å². The predicted molar refractivity (Wildman–Crippen MR) is 110 cm³/mol. The Hall–Kier alpha value is -2.90. The van der Waals surface area contributed by atoms with E-state index in [2.05, 4.69) is 19.9 Å². The number of hydrogen-bond donors (Lipinski definition) is 3. The fourth-order valence-electron chi connectivity index (χ4n) is 3.00. The Balaban J connectivity index is 1.62. The predicted octanol–water partition coefficient (Wildman–Crippen LogP) is 2.00. The average Bonchev–Trinajstić information content (AvgIpc) is 3.15. The van der Waals surface area contributed by atoms with Crippen LogP contribution in [0.2, 0.25) is 0 Å². The van der Waals surface area contributed by atoms with Crippen LogP contribution in [-0.4, -0.2) is 60.6 Å². The van der Waals surface area contributed by atoms with E-state index >= 15 is 0 Å². The van der Waals surface area contributed by atoms with Gasteiger partial charge in [-0.15, -0.1) is 0 Å². The summed E-state index contributed by atoms with van der Waals surface area (Å²) in [5, 5.41) is 5.12. The summed E-state index contributed by atoms with van der Waals surface area (Å²) in [6.07, 6.45) is 0. The maximum atomic E-state index is 14.0. The van der Waals surface area contributed by atoms with Gasteiger partial charge in [0.05, 0.1) is 18.8 Å². The molecule has 1 aliphatic heterocycles. The minimum Gasteiger partial charge on any atom is -0.471 e. The van der Waals surface area contributed by atoms with Crippen LogP contribution in [0.25, 0.3) is 0 Å². The fraction of sp³-hybridized carbons (Fsp3) is 0.421. The molecule has 3 rings (SSSR count). The summed E-state index contributed by atoms with van der Waals surface area (Å²) in [6.45, 7) is 4.30. The zero-order valence-electron chi connectivity index (χ0n) is 17.2. The van der Waals surface area contributed by atoms with E-state index in [1.807, 2.05) is 0 Å². The first kappa shape index (κ1) is 23.8. The van der Waals surface area contributed by atoms with Crippen LogP contribution in [0, 0.1) is 24.4 Å². The summed E-state index contributed by atoms with van der Waals surface area (Å²) in [4.78, 5) is 26.1. The highest BCUT2D eigenvalue weighted by Gasteiger charge is 2.24. The Labute approximate surface area is 185 Å². The molecule has 0 unspecified atom stereocenters. The molecule has 0 radical (unpaired) electrons. The molecular formula is C19H22F3N5O4S. The molecule has 9 nitrogen and oxygen atoms in total. The highest BCUT2D eigenvalue weighted by molar-refractivity contribution is 7.11. The van der Waals surface area contributed by atoms with E-state index in [9.17, 15) is 22.8 Å². The first-order valence-corrected chi connectivity index (χ1v) is 10.5. The minimum atomic E-state index is -1.39. The first-order chi connectivity index (χ1) is 15.3. The van der Waals surface area contributed by atoms with Crippen molar-refractivity contribution < 1.29 is 32.2 Å². The molecule has 0 saturated carbocycles. The highest BCUT2D eigenvalue weighted by Crippen LogP contribution is 2.31. The van der Waals surface area contributed by atoms with Crippen LogP contribution in [0.15, 0.2) is 6.07 Å². The van der Waals surface area contributed by atoms with Gasteiger partial charge in [0.15, 0.2) is 11.6 Å². The highest BCUT2D eigenvalue weighted by atomic mass is 32.1. The van der Waals surface area contributed by atoms with Crippen LogP contribution in [0.4, 0.5) is 23.0 Å². The molecule has 2 aromatic rings. The van der Waals surface area contributed by atoms with E-state index in [4.69, 9.17) is 15.2 Å². The van der Waals surface area contributed by atoms with Gasteiger partial charge in [-0.3, -0.25) is 15.0 Å². The molecule has 0 spiro atoms. The molecule has 3 amide bonds. The van der Waals surface area contributed by atoms with Crippen LogP contribution in [0.3, 0.4) is 0 Å². The Morgan fingerprint density at radius 3 is 2.69 bits per heavy atom.